The van der Waals surface area contributed by atoms with Crippen LogP contribution in [0, 0.1) is 0 Å². The Kier molecular flexibility index (Phi) is 7.82. The Morgan fingerprint density at radius 2 is 1.94 bits per heavy atom. The van der Waals surface area contributed by atoms with Gasteiger partial charge in [-0.05, 0) is 43.4 Å². The number of aromatic nitrogens is 1. The molecule has 2 aromatic rings. The Balaban J connectivity index is 1.36. The summed E-state index contributed by atoms with van der Waals surface area (Å²) in [7, 11) is 0. The summed E-state index contributed by atoms with van der Waals surface area (Å²) in [6.07, 6.45) is 8.90. The number of hydrogen-bond acceptors (Lipinski definition) is 5. The average Bonchev–Trinajstić information content (AvgIpc) is 3.18. The number of carbonyl (C=O) groups excluding carboxylic acids is 1. The number of rotatable bonds is 7. The van der Waals surface area contributed by atoms with Gasteiger partial charge < -0.3 is 25.0 Å². The number of ether oxygens (including phenoxy) is 1. The third kappa shape index (κ3) is 6.13. The highest BCUT2D eigenvalue weighted by atomic mass is 16.5. The number of anilines is 1. The van der Waals surface area contributed by atoms with Crippen LogP contribution in [-0.2, 0) is 17.8 Å². The normalized spacial score (nSPS) is 18.9. The molecule has 2 aliphatic heterocycles. The molecule has 2 saturated heterocycles. The Hall–Kier alpha value is -2.80. The minimum Gasteiger partial charge on any atom is -0.508 e. The number of benzene rings is 1. The average molecular weight is 439 g/mol. The summed E-state index contributed by atoms with van der Waals surface area (Å²) in [6, 6.07) is 11.1. The minimum atomic E-state index is -0.166. The summed E-state index contributed by atoms with van der Waals surface area (Å²) in [4.78, 5) is 21.7. The van der Waals surface area contributed by atoms with Crippen LogP contribution in [0.1, 0.15) is 49.7 Å². The summed E-state index contributed by atoms with van der Waals surface area (Å²) >= 11 is 0. The fourth-order valence-electron chi connectivity index (χ4n) is 4.40. The summed E-state index contributed by atoms with van der Waals surface area (Å²) < 4.78 is 5.75. The number of hydrogen-bond donors (Lipinski definition) is 2. The molecule has 172 valence electrons. The van der Waals surface area contributed by atoms with Crippen LogP contribution in [-0.4, -0.2) is 53.4 Å². The van der Waals surface area contributed by atoms with Crippen molar-refractivity contribution in [2.24, 2.45) is 0 Å². The summed E-state index contributed by atoms with van der Waals surface area (Å²) in [5.41, 5.74) is 1.70. The van der Waals surface area contributed by atoms with Crippen molar-refractivity contribution in [3.05, 3.63) is 53.7 Å². The molecule has 0 saturated carbocycles. The molecule has 4 rings (SSSR count). The van der Waals surface area contributed by atoms with Gasteiger partial charge in [-0.1, -0.05) is 37.1 Å². The maximum Gasteiger partial charge on any atom is 0.318 e. The molecule has 1 aromatic heterocycles. The molecule has 7 nitrogen and oxygen atoms in total. The van der Waals surface area contributed by atoms with Crippen LogP contribution >= 0.6 is 0 Å². The highest BCUT2D eigenvalue weighted by Crippen LogP contribution is 2.21. The number of urea groups is 1. The van der Waals surface area contributed by atoms with Gasteiger partial charge in [-0.25, -0.2) is 9.78 Å². The smallest absolute Gasteiger partial charge is 0.318 e. The highest BCUT2D eigenvalue weighted by Gasteiger charge is 2.23. The SMILES string of the molecule is O=C(NCc1ccc(N2CCCCCC2)nc1)N(Cc1ccccc1O)CC1CCCO1. The first-order valence-electron chi connectivity index (χ1n) is 11.8. The van der Waals surface area contributed by atoms with Crippen molar-refractivity contribution >= 4 is 11.8 Å². The van der Waals surface area contributed by atoms with Gasteiger partial charge in [-0.2, -0.15) is 0 Å². The van der Waals surface area contributed by atoms with Gasteiger partial charge in [0.25, 0.3) is 0 Å². The minimum absolute atomic E-state index is 0.0428. The maximum atomic E-state index is 13.0. The van der Waals surface area contributed by atoms with Crippen molar-refractivity contribution in [3.8, 4) is 5.75 Å². The molecular weight excluding hydrogens is 404 g/mol. The monoisotopic (exact) mass is 438 g/mol. The molecular formula is C25H34N4O3. The van der Waals surface area contributed by atoms with Crippen molar-refractivity contribution in [1.29, 1.82) is 0 Å². The second kappa shape index (κ2) is 11.2. The molecule has 2 aliphatic rings. The third-order valence-corrected chi connectivity index (χ3v) is 6.27. The van der Waals surface area contributed by atoms with Crippen molar-refractivity contribution in [1.82, 2.24) is 15.2 Å². The van der Waals surface area contributed by atoms with E-state index in [1.807, 2.05) is 24.4 Å². The summed E-state index contributed by atoms with van der Waals surface area (Å²) in [6.45, 7) is 4.12. The Morgan fingerprint density at radius 3 is 2.62 bits per heavy atom. The Morgan fingerprint density at radius 1 is 1.12 bits per heavy atom. The molecule has 2 amide bonds. The first-order valence-corrected chi connectivity index (χ1v) is 11.8. The van der Waals surface area contributed by atoms with Crippen molar-refractivity contribution in [2.75, 3.05) is 31.1 Å². The number of phenolic OH excluding ortho intramolecular Hbond substituents is 1. The van der Waals surface area contributed by atoms with E-state index in [0.29, 0.717) is 19.6 Å². The lowest BCUT2D eigenvalue weighted by molar-refractivity contribution is 0.0792. The van der Waals surface area contributed by atoms with E-state index in [2.05, 4.69) is 21.3 Å². The van der Waals surface area contributed by atoms with E-state index in [0.717, 1.165) is 49.5 Å². The molecule has 32 heavy (non-hydrogen) atoms. The Labute approximate surface area is 190 Å². The highest BCUT2D eigenvalue weighted by molar-refractivity contribution is 5.74. The predicted octanol–water partition coefficient (Wildman–Crippen LogP) is 4.06. The van der Waals surface area contributed by atoms with Gasteiger partial charge in [0.05, 0.1) is 12.6 Å². The van der Waals surface area contributed by atoms with Crippen LogP contribution in [0.25, 0.3) is 0 Å². The van der Waals surface area contributed by atoms with Crippen LogP contribution in [0.5, 0.6) is 5.75 Å². The standard InChI is InChI=1S/C25H34N4O3/c30-23-10-4-3-8-21(23)18-29(19-22-9-7-15-32-22)25(31)27-17-20-11-12-24(26-16-20)28-13-5-1-2-6-14-28/h3-4,8,10-12,16,22,30H,1-2,5-7,9,13-15,17-19H2,(H,27,31). The molecule has 0 aliphatic carbocycles. The van der Waals surface area contributed by atoms with Crippen molar-refractivity contribution in [2.45, 2.75) is 57.7 Å². The molecule has 3 heterocycles. The lowest BCUT2D eigenvalue weighted by atomic mass is 10.1. The van der Waals surface area contributed by atoms with Gasteiger partial charge in [0, 0.05) is 44.5 Å². The first-order chi connectivity index (χ1) is 15.7. The van der Waals surface area contributed by atoms with E-state index in [-0.39, 0.29) is 17.9 Å². The molecule has 2 fully saturated rings. The van der Waals surface area contributed by atoms with E-state index in [1.54, 1.807) is 17.0 Å². The molecule has 1 atom stereocenters. The summed E-state index contributed by atoms with van der Waals surface area (Å²) in [5.74, 6) is 1.22. The molecule has 2 N–H and O–H groups in total. The second-order valence-electron chi connectivity index (χ2n) is 8.73. The zero-order valence-corrected chi connectivity index (χ0v) is 18.7. The van der Waals surface area contributed by atoms with Crippen LogP contribution in [0.15, 0.2) is 42.6 Å². The van der Waals surface area contributed by atoms with Gasteiger partial charge >= 0.3 is 6.03 Å². The number of nitrogens with zero attached hydrogens (tertiary/aromatic N) is 3. The van der Waals surface area contributed by atoms with E-state index < -0.39 is 0 Å². The number of phenols is 1. The van der Waals surface area contributed by atoms with Gasteiger partial charge in [0.1, 0.15) is 11.6 Å². The number of nitrogens with one attached hydrogen (secondary N) is 1. The van der Waals surface area contributed by atoms with Crippen LogP contribution < -0.4 is 10.2 Å². The van der Waals surface area contributed by atoms with Crippen LogP contribution in [0.4, 0.5) is 10.6 Å². The zero-order valence-electron chi connectivity index (χ0n) is 18.7. The van der Waals surface area contributed by atoms with Gasteiger partial charge in [-0.3, -0.25) is 0 Å². The summed E-state index contributed by atoms with van der Waals surface area (Å²) in [5, 5.41) is 13.2. The van der Waals surface area contributed by atoms with E-state index >= 15 is 0 Å². The fourth-order valence-corrected chi connectivity index (χ4v) is 4.40. The topological polar surface area (TPSA) is 77.9 Å². The fraction of sp³-hybridized carbons (Fsp3) is 0.520. The van der Waals surface area contributed by atoms with Crippen LogP contribution in [0.3, 0.4) is 0 Å². The predicted molar refractivity (Wildman–Crippen MR) is 125 cm³/mol. The number of pyridine rings is 1. The molecule has 0 bridgehead atoms. The van der Waals surface area contributed by atoms with E-state index in [1.165, 1.54) is 25.7 Å². The number of aromatic hydroxyl groups is 1. The van der Waals surface area contributed by atoms with Crippen molar-refractivity contribution in [3.63, 3.8) is 0 Å². The van der Waals surface area contributed by atoms with E-state index in [9.17, 15) is 9.90 Å². The zero-order chi connectivity index (χ0) is 22.2. The molecule has 7 heteroatoms. The van der Waals surface area contributed by atoms with Crippen molar-refractivity contribution < 1.29 is 14.6 Å². The third-order valence-electron chi connectivity index (χ3n) is 6.27. The van der Waals surface area contributed by atoms with Gasteiger partial charge in [0.2, 0.25) is 0 Å². The van der Waals surface area contributed by atoms with Crippen LogP contribution in [0.2, 0.25) is 0 Å². The molecule has 1 unspecified atom stereocenters. The largest absolute Gasteiger partial charge is 0.508 e. The lowest BCUT2D eigenvalue weighted by Crippen LogP contribution is -2.43. The number of amides is 2. The maximum absolute atomic E-state index is 13.0. The first kappa shape index (κ1) is 22.4. The van der Waals surface area contributed by atoms with Gasteiger partial charge in [-0.15, -0.1) is 0 Å². The molecule has 0 spiro atoms. The lowest BCUT2D eigenvalue weighted by Gasteiger charge is -2.26. The number of para-hydroxylation sites is 1. The second-order valence-corrected chi connectivity index (χ2v) is 8.73. The van der Waals surface area contributed by atoms with Gasteiger partial charge in [0.15, 0.2) is 0 Å². The number of carbonyl (C=O) groups is 1. The molecule has 1 aromatic carbocycles. The Bertz CT molecular complexity index is 860. The van der Waals surface area contributed by atoms with E-state index in [4.69, 9.17) is 4.74 Å². The molecule has 0 radical (unpaired) electrons. The quantitative estimate of drug-likeness (QED) is 0.682.